The van der Waals surface area contributed by atoms with Crippen molar-refractivity contribution in [1.82, 2.24) is 5.32 Å². The number of carbonyl (C=O) groups excluding carboxylic acids is 1. The summed E-state index contributed by atoms with van der Waals surface area (Å²) >= 11 is 5.72. The van der Waals surface area contributed by atoms with Crippen LogP contribution in [0.3, 0.4) is 0 Å². The molecule has 0 radical (unpaired) electrons. The molecule has 0 aromatic heterocycles. The van der Waals surface area contributed by atoms with Crippen molar-refractivity contribution in [1.29, 1.82) is 0 Å². The van der Waals surface area contributed by atoms with E-state index in [0.717, 1.165) is 0 Å². The number of benzene rings is 1. The molecule has 2 N–H and O–H groups in total. The van der Waals surface area contributed by atoms with Gasteiger partial charge in [-0.1, -0.05) is 18.5 Å². The van der Waals surface area contributed by atoms with Crippen LogP contribution in [0, 0.1) is 10.1 Å². The largest absolute Gasteiger partial charge is 0.319 e. The third-order valence-corrected chi connectivity index (χ3v) is 2.20. The Morgan fingerprint density at radius 2 is 2.24 bits per heavy atom. The highest BCUT2D eigenvalue weighted by molar-refractivity contribution is 6.31. The minimum atomic E-state index is -0.570. The van der Waals surface area contributed by atoms with Gasteiger partial charge in [-0.15, -0.1) is 0 Å². The topological polar surface area (TPSA) is 84.3 Å². The van der Waals surface area contributed by atoms with Crippen molar-refractivity contribution in [3.8, 4) is 0 Å². The molecule has 0 aliphatic carbocycles. The highest BCUT2D eigenvalue weighted by Gasteiger charge is 2.15. The van der Waals surface area contributed by atoms with Gasteiger partial charge in [-0.25, -0.2) is 0 Å². The molecule has 1 rings (SSSR count). The third kappa shape index (κ3) is 4.01. The SMILES string of the molecule is CCNCC(=O)Nc1cc(Cl)ccc1[N+](=O)[O-]. The Kier molecular flexibility index (Phi) is 4.86. The number of nitrogens with zero attached hydrogens (tertiary/aromatic N) is 1. The summed E-state index contributed by atoms with van der Waals surface area (Å²) in [5.74, 6) is -0.350. The molecule has 0 heterocycles. The fraction of sp³-hybridized carbons (Fsp3) is 0.300. The van der Waals surface area contributed by atoms with Gasteiger partial charge in [-0.05, 0) is 18.7 Å². The first-order valence-electron chi connectivity index (χ1n) is 4.99. The number of hydrogen-bond acceptors (Lipinski definition) is 4. The van der Waals surface area contributed by atoms with E-state index in [1.807, 2.05) is 6.92 Å². The normalized spacial score (nSPS) is 10.0. The number of likely N-dealkylation sites (N-methyl/N-ethyl adjacent to an activating group) is 1. The first-order valence-corrected chi connectivity index (χ1v) is 5.37. The summed E-state index contributed by atoms with van der Waals surface area (Å²) in [6.07, 6.45) is 0. The first-order chi connectivity index (χ1) is 8.04. The van der Waals surface area contributed by atoms with Crippen molar-refractivity contribution in [2.75, 3.05) is 18.4 Å². The predicted molar refractivity (Wildman–Crippen MR) is 65.3 cm³/mol. The minimum absolute atomic E-state index is 0.0974. The van der Waals surface area contributed by atoms with Crippen LogP contribution in [-0.4, -0.2) is 23.9 Å². The van der Waals surface area contributed by atoms with Crippen LogP contribution < -0.4 is 10.6 Å². The monoisotopic (exact) mass is 257 g/mol. The third-order valence-electron chi connectivity index (χ3n) is 1.96. The van der Waals surface area contributed by atoms with Crippen molar-refractivity contribution >= 4 is 28.9 Å². The molecule has 0 aliphatic rings. The molecule has 1 aromatic carbocycles. The van der Waals surface area contributed by atoms with Crippen LogP contribution in [-0.2, 0) is 4.79 Å². The maximum atomic E-state index is 11.4. The molecule has 0 spiro atoms. The van der Waals surface area contributed by atoms with Gasteiger partial charge in [0.05, 0.1) is 11.5 Å². The summed E-state index contributed by atoms with van der Waals surface area (Å²) in [5, 5.41) is 16.3. The van der Waals surface area contributed by atoms with Crippen LogP contribution in [0.4, 0.5) is 11.4 Å². The number of nitro groups is 1. The van der Waals surface area contributed by atoms with E-state index < -0.39 is 4.92 Å². The summed E-state index contributed by atoms with van der Waals surface area (Å²) in [7, 11) is 0. The Balaban J connectivity index is 2.85. The first kappa shape index (κ1) is 13.4. The second kappa shape index (κ2) is 6.17. The minimum Gasteiger partial charge on any atom is -0.319 e. The highest BCUT2D eigenvalue weighted by atomic mass is 35.5. The van der Waals surface area contributed by atoms with Gasteiger partial charge < -0.3 is 10.6 Å². The standard InChI is InChI=1S/C10H12ClN3O3/c1-2-12-6-10(15)13-8-5-7(11)3-4-9(8)14(16)17/h3-5,12H,2,6H2,1H3,(H,13,15). The lowest BCUT2D eigenvalue weighted by molar-refractivity contribution is -0.383. The molecular weight excluding hydrogens is 246 g/mol. The molecule has 0 saturated heterocycles. The molecule has 0 atom stereocenters. The Bertz CT molecular complexity index is 437. The Labute approximate surface area is 103 Å². The van der Waals surface area contributed by atoms with E-state index in [1.165, 1.54) is 18.2 Å². The summed E-state index contributed by atoms with van der Waals surface area (Å²) in [6.45, 7) is 2.60. The second-order valence-corrected chi connectivity index (χ2v) is 3.68. The molecule has 0 unspecified atom stereocenters. The molecule has 92 valence electrons. The maximum absolute atomic E-state index is 11.4. The predicted octanol–water partition coefficient (Wildman–Crippen LogP) is 1.80. The summed E-state index contributed by atoms with van der Waals surface area (Å²) < 4.78 is 0. The Morgan fingerprint density at radius 1 is 1.53 bits per heavy atom. The number of amides is 1. The number of halogens is 1. The van der Waals surface area contributed by atoms with E-state index in [4.69, 9.17) is 11.6 Å². The number of rotatable bonds is 5. The van der Waals surface area contributed by atoms with Gasteiger partial charge in [0.15, 0.2) is 0 Å². The average molecular weight is 258 g/mol. The van der Waals surface area contributed by atoms with Crippen LogP contribution in [0.15, 0.2) is 18.2 Å². The van der Waals surface area contributed by atoms with Gasteiger partial charge >= 0.3 is 0 Å². The van der Waals surface area contributed by atoms with Gasteiger partial charge in [0.2, 0.25) is 5.91 Å². The number of anilines is 1. The van der Waals surface area contributed by atoms with Gasteiger partial charge in [0, 0.05) is 11.1 Å². The molecule has 1 aromatic rings. The van der Waals surface area contributed by atoms with Gasteiger partial charge in [0.25, 0.3) is 5.69 Å². The smallest absolute Gasteiger partial charge is 0.292 e. The van der Waals surface area contributed by atoms with Crippen molar-refractivity contribution in [2.45, 2.75) is 6.92 Å². The fourth-order valence-electron chi connectivity index (χ4n) is 1.20. The molecule has 17 heavy (non-hydrogen) atoms. The zero-order valence-electron chi connectivity index (χ0n) is 9.20. The molecule has 0 fully saturated rings. The van der Waals surface area contributed by atoms with Gasteiger partial charge in [-0.3, -0.25) is 14.9 Å². The lowest BCUT2D eigenvalue weighted by Crippen LogP contribution is -2.28. The lowest BCUT2D eigenvalue weighted by atomic mass is 10.2. The van der Waals surface area contributed by atoms with Crippen LogP contribution >= 0.6 is 11.6 Å². The van der Waals surface area contributed by atoms with Gasteiger partial charge in [0.1, 0.15) is 5.69 Å². The molecule has 6 nitrogen and oxygen atoms in total. The second-order valence-electron chi connectivity index (χ2n) is 3.25. The van der Waals surface area contributed by atoms with Crippen LogP contribution in [0.2, 0.25) is 5.02 Å². The van der Waals surface area contributed by atoms with Crippen LogP contribution in [0.25, 0.3) is 0 Å². The molecule has 1 amide bonds. The molecule has 7 heteroatoms. The Morgan fingerprint density at radius 3 is 2.82 bits per heavy atom. The van der Waals surface area contributed by atoms with E-state index in [-0.39, 0.29) is 23.8 Å². The van der Waals surface area contributed by atoms with E-state index in [0.29, 0.717) is 11.6 Å². The van der Waals surface area contributed by atoms with Crippen LogP contribution in [0.5, 0.6) is 0 Å². The number of nitrogens with one attached hydrogen (secondary N) is 2. The number of carbonyl (C=O) groups is 1. The van der Waals surface area contributed by atoms with Crippen molar-refractivity contribution in [2.24, 2.45) is 0 Å². The van der Waals surface area contributed by atoms with Crippen molar-refractivity contribution in [3.63, 3.8) is 0 Å². The van der Waals surface area contributed by atoms with E-state index >= 15 is 0 Å². The summed E-state index contributed by atoms with van der Waals surface area (Å²) in [6, 6.07) is 4.01. The maximum Gasteiger partial charge on any atom is 0.292 e. The lowest BCUT2D eigenvalue weighted by Gasteiger charge is -2.06. The highest BCUT2D eigenvalue weighted by Crippen LogP contribution is 2.27. The fourth-order valence-corrected chi connectivity index (χ4v) is 1.37. The molecule has 0 aliphatic heterocycles. The molecular formula is C10H12ClN3O3. The van der Waals surface area contributed by atoms with Crippen molar-refractivity contribution in [3.05, 3.63) is 33.3 Å². The average Bonchev–Trinajstić information content (AvgIpc) is 2.26. The zero-order chi connectivity index (χ0) is 12.8. The zero-order valence-corrected chi connectivity index (χ0v) is 9.95. The summed E-state index contributed by atoms with van der Waals surface area (Å²) in [5.41, 5.74) is -0.0790. The van der Waals surface area contributed by atoms with Crippen molar-refractivity contribution < 1.29 is 9.72 Å². The quantitative estimate of drug-likeness (QED) is 0.622. The van der Waals surface area contributed by atoms with E-state index in [9.17, 15) is 14.9 Å². The number of nitro benzene ring substituents is 1. The number of hydrogen-bond donors (Lipinski definition) is 2. The van der Waals surface area contributed by atoms with Crippen LogP contribution in [0.1, 0.15) is 6.92 Å². The molecule has 0 saturated carbocycles. The Hall–Kier alpha value is -1.66. The van der Waals surface area contributed by atoms with E-state index in [2.05, 4.69) is 10.6 Å². The van der Waals surface area contributed by atoms with E-state index in [1.54, 1.807) is 0 Å². The van der Waals surface area contributed by atoms with Gasteiger partial charge in [-0.2, -0.15) is 0 Å². The summed E-state index contributed by atoms with van der Waals surface area (Å²) in [4.78, 5) is 21.6. The molecule has 0 bridgehead atoms.